The van der Waals surface area contributed by atoms with E-state index in [9.17, 15) is 18.0 Å². The van der Waals surface area contributed by atoms with Gasteiger partial charge < -0.3 is 10.2 Å². The third kappa shape index (κ3) is 7.68. The third-order valence-electron chi connectivity index (χ3n) is 6.36. The minimum Gasteiger partial charge on any atom is -0.355 e. The van der Waals surface area contributed by atoms with Crippen molar-refractivity contribution in [3.05, 3.63) is 101 Å². The summed E-state index contributed by atoms with van der Waals surface area (Å²) in [4.78, 5) is 28.9. The van der Waals surface area contributed by atoms with Gasteiger partial charge in [0.25, 0.3) is 0 Å². The maximum absolute atomic E-state index is 14.0. The van der Waals surface area contributed by atoms with Crippen molar-refractivity contribution in [2.75, 3.05) is 23.7 Å². The Kier molecular flexibility index (Phi) is 9.69. The highest BCUT2D eigenvalue weighted by Gasteiger charge is 2.33. The van der Waals surface area contributed by atoms with Crippen LogP contribution in [-0.2, 0) is 32.6 Å². The number of amides is 2. The highest BCUT2D eigenvalue weighted by atomic mass is 32.2. The molecule has 0 radical (unpaired) electrons. The number of nitrogens with zero attached hydrogens (tertiary/aromatic N) is 2. The van der Waals surface area contributed by atoms with E-state index in [4.69, 9.17) is 0 Å². The van der Waals surface area contributed by atoms with Gasteiger partial charge in [-0.15, -0.1) is 0 Å². The van der Waals surface area contributed by atoms with E-state index < -0.39 is 28.5 Å². The van der Waals surface area contributed by atoms with E-state index in [1.165, 1.54) is 4.90 Å². The number of sulfonamides is 1. The Morgan fingerprint density at radius 1 is 0.868 bits per heavy atom. The van der Waals surface area contributed by atoms with Crippen molar-refractivity contribution < 1.29 is 18.0 Å². The molecule has 7 nitrogen and oxygen atoms in total. The van der Waals surface area contributed by atoms with E-state index in [1.54, 1.807) is 6.07 Å². The van der Waals surface area contributed by atoms with Crippen LogP contribution in [0.1, 0.15) is 34.7 Å². The molecule has 38 heavy (non-hydrogen) atoms. The second kappa shape index (κ2) is 12.7. The Morgan fingerprint density at radius 3 is 2.13 bits per heavy atom. The van der Waals surface area contributed by atoms with Crippen molar-refractivity contribution in [3.63, 3.8) is 0 Å². The topological polar surface area (TPSA) is 86.8 Å². The largest absolute Gasteiger partial charge is 0.355 e. The summed E-state index contributed by atoms with van der Waals surface area (Å²) in [6, 6.07) is 21.9. The molecule has 3 aromatic carbocycles. The Labute approximate surface area is 226 Å². The number of carbonyl (C=O) groups is 2. The summed E-state index contributed by atoms with van der Waals surface area (Å²) in [6.07, 6.45) is 1.39. The number of anilines is 1. The first-order chi connectivity index (χ1) is 18.0. The van der Waals surface area contributed by atoms with Crippen LogP contribution in [0.15, 0.2) is 72.8 Å². The van der Waals surface area contributed by atoms with Gasteiger partial charge in [0.15, 0.2) is 0 Å². The molecule has 0 aliphatic carbocycles. The smallest absolute Gasteiger partial charge is 0.244 e. The van der Waals surface area contributed by atoms with Gasteiger partial charge in [-0.05, 0) is 50.5 Å². The van der Waals surface area contributed by atoms with Gasteiger partial charge in [0.1, 0.15) is 12.6 Å². The van der Waals surface area contributed by atoms with Crippen molar-refractivity contribution >= 4 is 27.5 Å². The quantitative estimate of drug-likeness (QED) is 0.400. The summed E-state index contributed by atoms with van der Waals surface area (Å²) in [5, 5.41) is 2.86. The number of aryl methyl sites for hydroxylation is 3. The highest BCUT2D eigenvalue weighted by Crippen LogP contribution is 2.25. The van der Waals surface area contributed by atoms with E-state index >= 15 is 0 Å². The summed E-state index contributed by atoms with van der Waals surface area (Å²) in [5.74, 6) is -0.737. The summed E-state index contributed by atoms with van der Waals surface area (Å²) < 4.78 is 26.9. The van der Waals surface area contributed by atoms with Crippen molar-refractivity contribution in [3.8, 4) is 0 Å². The van der Waals surface area contributed by atoms with Crippen LogP contribution in [0.5, 0.6) is 0 Å². The molecular weight excluding hydrogens is 498 g/mol. The predicted molar refractivity (Wildman–Crippen MR) is 152 cm³/mol. The fraction of sp³-hybridized carbons (Fsp3) is 0.333. The Bertz CT molecular complexity index is 1370. The SMILES string of the molecule is CCNC(=O)[C@@H](Cc1ccccc1)N(Cc1cccc(C)c1)C(=O)CN(c1ccc(C)cc1C)S(C)(=O)=O. The average Bonchev–Trinajstić information content (AvgIpc) is 2.85. The molecule has 1 atom stereocenters. The second-order valence-electron chi connectivity index (χ2n) is 9.67. The van der Waals surface area contributed by atoms with Crippen molar-refractivity contribution in [1.82, 2.24) is 10.2 Å². The molecule has 0 unspecified atom stereocenters. The number of hydrogen-bond acceptors (Lipinski definition) is 4. The van der Waals surface area contributed by atoms with Crippen LogP contribution >= 0.6 is 0 Å². The summed E-state index contributed by atoms with van der Waals surface area (Å²) in [7, 11) is -3.79. The lowest BCUT2D eigenvalue weighted by molar-refractivity contribution is -0.140. The fourth-order valence-corrected chi connectivity index (χ4v) is 5.44. The first-order valence-electron chi connectivity index (χ1n) is 12.7. The monoisotopic (exact) mass is 535 g/mol. The number of hydrogen-bond donors (Lipinski definition) is 1. The first-order valence-corrected chi connectivity index (χ1v) is 14.6. The average molecular weight is 536 g/mol. The number of benzene rings is 3. The molecule has 0 bridgehead atoms. The molecule has 0 saturated carbocycles. The summed E-state index contributed by atoms with van der Waals surface area (Å²) in [5.41, 5.74) is 4.97. The lowest BCUT2D eigenvalue weighted by Gasteiger charge is -2.33. The molecule has 1 N–H and O–H groups in total. The molecule has 0 saturated heterocycles. The maximum atomic E-state index is 14.0. The van der Waals surface area contributed by atoms with Crippen LogP contribution in [0.3, 0.4) is 0 Å². The van der Waals surface area contributed by atoms with Gasteiger partial charge in [-0.2, -0.15) is 0 Å². The van der Waals surface area contributed by atoms with E-state index in [0.29, 0.717) is 18.7 Å². The van der Waals surface area contributed by atoms with Crippen LogP contribution in [0, 0.1) is 20.8 Å². The zero-order valence-corrected chi connectivity index (χ0v) is 23.6. The standard InChI is InChI=1S/C30H37N3O4S/c1-6-31-30(35)28(19-25-12-8-7-9-13-25)32(20-26-14-10-11-22(2)18-26)29(34)21-33(38(5,36)37)27-16-15-23(3)17-24(27)4/h7-18,28H,6,19-21H2,1-5H3,(H,31,35)/t28-/m1/s1. The number of likely N-dealkylation sites (N-methyl/N-ethyl adjacent to an activating group) is 1. The first kappa shape index (κ1) is 28.9. The molecule has 2 amide bonds. The molecular formula is C30H37N3O4S. The van der Waals surface area contributed by atoms with Gasteiger partial charge >= 0.3 is 0 Å². The number of carbonyl (C=O) groups excluding carboxylic acids is 2. The van der Waals surface area contributed by atoms with Gasteiger partial charge in [0.2, 0.25) is 21.8 Å². The predicted octanol–water partition coefficient (Wildman–Crippen LogP) is 4.15. The van der Waals surface area contributed by atoms with E-state index in [1.807, 2.05) is 94.4 Å². The molecule has 3 rings (SSSR count). The zero-order chi connectivity index (χ0) is 27.9. The van der Waals surface area contributed by atoms with Gasteiger partial charge in [0, 0.05) is 19.5 Å². The minimum absolute atomic E-state index is 0.166. The Balaban J connectivity index is 2.06. The lowest BCUT2D eigenvalue weighted by atomic mass is 10.0. The molecule has 202 valence electrons. The molecule has 0 aliphatic rings. The lowest BCUT2D eigenvalue weighted by Crippen LogP contribution is -2.53. The summed E-state index contributed by atoms with van der Waals surface area (Å²) >= 11 is 0. The highest BCUT2D eigenvalue weighted by molar-refractivity contribution is 7.92. The van der Waals surface area contributed by atoms with Crippen LogP contribution in [0.2, 0.25) is 0 Å². The van der Waals surface area contributed by atoms with Crippen LogP contribution in [0.25, 0.3) is 0 Å². The van der Waals surface area contributed by atoms with Crippen LogP contribution in [-0.4, -0.2) is 50.5 Å². The van der Waals surface area contributed by atoms with Gasteiger partial charge in [-0.1, -0.05) is 77.9 Å². The van der Waals surface area contributed by atoms with Gasteiger partial charge in [-0.25, -0.2) is 8.42 Å². The van der Waals surface area contributed by atoms with Crippen molar-refractivity contribution in [2.45, 2.75) is 46.7 Å². The van der Waals surface area contributed by atoms with E-state index in [2.05, 4.69) is 5.32 Å². The Morgan fingerprint density at radius 2 is 1.53 bits per heavy atom. The van der Waals surface area contributed by atoms with Crippen LogP contribution in [0.4, 0.5) is 5.69 Å². The molecule has 8 heteroatoms. The summed E-state index contributed by atoms with van der Waals surface area (Å²) in [6.45, 7) is 7.70. The third-order valence-corrected chi connectivity index (χ3v) is 7.48. The van der Waals surface area contributed by atoms with E-state index in [0.717, 1.165) is 38.4 Å². The molecule has 0 aliphatic heterocycles. The normalized spacial score (nSPS) is 12.0. The zero-order valence-electron chi connectivity index (χ0n) is 22.8. The molecule has 3 aromatic rings. The second-order valence-corrected chi connectivity index (χ2v) is 11.6. The molecule has 0 spiro atoms. The van der Waals surface area contributed by atoms with Gasteiger partial charge in [-0.3, -0.25) is 13.9 Å². The fourth-order valence-electron chi connectivity index (χ4n) is 4.53. The molecule has 0 fully saturated rings. The maximum Gasteiger partial charge on any atom is 0.244 e. The number of rotatable bonds is 11. The number of nitrogens with one attached hydrogen (secondary N) is 1. The Hall–Kier alpha value is -3.65. The minimum atomic E-state index is -3.79. The van der Waals surface area contributed by atoms with Crippen molar-refractivity contribution in [2.24, 2.45) is 0 Å². The van der Waals surface area contributed by atoms with E-state index in [-0.39, 0.29) is 12.5 Å². The van der Waals surface area contributed by atoms with Crippen molar-refractivity contribution in [1.29, 1.82) is 0 Å². The van der Waals surface area contributed by atoms with Gasteiger partial charge in [0.05, 0.1) is 11.9 Å². The van der Waals surface area contributed by atoms with Crippen LogP contribution < -0.4 is 9.62 Å². The molecule has 0 aromatic heterocycles. The molecule has 0 heterocycles.